The van der Waals surface area contributed by atoms with Gasteiger partial charge >= 0.3 is 12.0 Å². The van der Waals surface area contributed by atoms with Gasteiger partial charge in [0, 0.05) is 13.1 Å². The number of nitrogens with zero attached hydrogens (tertiary/aromatic N) is 2. The highest BCUT2D eigenvalue weighted by atomic mass is 16.5. The van der Waals surface area contributed by atoms with Crippen molar-refractivity contribution >= 4 is 5.97 Å². The first-order valence-electron chi connectivity index (χ1n) is 5.18. The van der Waals surface area contributed by atoms with Crippen LogP contribution < -0.4 is 9.47 Å². The number of carboxylic acids is 1. The maximum Gasteiger partial charge on any atom is 0.354 e. The molecule has 94 valence electrons. The molecule has 0 fully saturated rings. The lowest BCUT2D eigenvalue weighted by molar-refractivity contribution is 0.0685. The monoisotopic (exact) mass is 248 g/mol. The fourth-order valence-electron chi connectivity index (χ4n) is 1.46. The van der Waals surface area contributed by atoms with Crippen LogP contribution in [0.2, 0.25) is 0 Å². The van der Waals surface area contributed by atoms with E-state index in [0.717, 1.165) is 0 Å². The van der Waals surface area contributed by atoms with Gasteiger partial charge in [-0.05, 0) is 12.1 Å². The predicted octanol–water partition coefficient (Wildman–Crippen LogP) is 1.92. The highest BCUT2D eigenvalue weighted by Crippen LogP contribution is 2.24. The minimum atomic E-state index is -1.05. The predicted molar refractivity (Wildman–Crippen MR) is 63.2 cm³/mol. The number of aromatic nitrogens is 2. The first-order valence-corrected chi connectivity index (χ1v) is 5.18. The van der Waals surface area contributed by atoms with Gasteiger partial charge in [0.25, 0.3) is 0 Å². The minimum absolute atomic E-state index is 0.0629. The Morgan fingerprint density at radius 2 is 2.11 bits per heavy atom. The molecule has 0 amide bonds. The van der Waals surface area contributed by atoms with Crippen molar-refractivity contribution in [3.63, 3.8) is 0 Å². The SMILES string of the molecule is COc1cccc(Oc2ncc(C(=O)O)n2C)c1. The number of rotatable bonds is 4. The number of hydrogen-bond donors (Lipinski definition) is 1. The zero-order valence-electron chi connectivity index (χ0n) is 9.95. The summed E-state index contributed by atoms with van der Waals surface area (Å²) in [6.45, 7) is 0. The second-order valence-corrected chi connectivity index (χ2v) is 3.57. The van der Waals surface area contributed by atoms with Crippen LogP contribution >= 0.6 is 0 Å². The second kappa shape index (κ2) is 4.79. The maximum atomic E-state index is 10.9. The molecule has 1 aromatic carbocycles. The van der Waals surface area contributed by atoms with Gasteiger partial charge in [-0.3, -0.25) is 4.57 Å². The normalized spacial score (nSPS) is 10.1. The van der Waals surface area contributed by atoms with Crippen molar-refractivity contribution in [3.05, 3.63) is 36.2 Å². The van der Waals surface area contributed by atoms with Crippen LogP contribution in [0.25, 0.3) is 0 Å². The summed E-state index contributed by atoms with van der Waals surface area (Å²) in [6.07, 6.45) is 1.25. The zero-order valence-corrected chi connectivity index (χ0v) is 9.95. The van der Waals surface area contributed by atoms with E-state index in [1.807, 2.05) is 0 Å². The van der Waals surface area contributed by atoms with Crippen molar-refractivity contribution in [3.8, 4) is 17.5 Å². The minimum Gasteiger partial charge on any atom is -0.497 e. The second-order valence-electron chi connectivity index (χ2n) is 3.57. The molecule has 0 saturated heterocycles. The van der Waals surface area contributed by atoms with E-state index in [1.165, 1.54) is 10.8 Å². The van der Waals surface area contributed by atoms with Gasteiger partial charge in [0.1, 0.15) is 17.2 Å². The zero-order chi connectivity index (χ0) is 13.1. The fourth-order valence-corrected chi connectivity index (χ4v) is 1.46. The van der Waals surface area contributed by atoms with Crippen LogP contribution in [0.3, 0.4) is 0 Å². The molecule has 0 aliphatic carbocycles. The number of methoxy groups -OCH3 is 1. The molecule has 1 N–H and O–H groups in total. The molecule has 6 nitrogen and oxygen atoms in total. The molecule has 0 unspecified atom stereocenters. The highest BCUT2D eigenvalue weighted by Gasteiger charge is 2.14. The maximum absolute atomic E-state index is 10.9. The summed E-state index contributed by atoms with van der Waals surface area (Å²) in [5, 5.41) is 8.89. The van der Waals surface area contributed by atoms with Crippen molar-refractivity contribution < 1.29 is 19.4 Å². The van der Waals surface area contributed by atoms with Gasteiger partial charge in [0.2, 0.25) is 0 Å². The van der Waals surface area contributed by atoms with Crippen LogP contribution in [-0.2, 0) is 7.05 Å². The van der Waals surface area contributed by atoms with Gasteiger partial charge in [-0.1, -0.05) is 6.07 Å². The Labute approximate surface area is 103 Å². The molecule has 0 radical (unpaired) electrons. The van der Waals surface area contributed by atoms with Crippen LogP contribution in [0, 0.1) is 0 Å². The average Bonchev–Trinajstić information content (AvgIpc) is 2.71. The summed E-state index contributed by atoms with van der Waals surface area (Å²) in [6, 6.07) is 7.19. The Morgan fingerprint density at radius 1 is 1.39 bits per heavy atom. The van der Waals surface area contributed by atoms with Crippen LogP contribution in [0.5, 0.6) is 17.5 Å². The standard InChI is InChI=1S/C12H12N2O4/c1-14-10(11(15)16)7-13-12(14)18-9-5-3-4-8(6-9)17-2/h3-7H,1-2H3,(H,15,16). The van der Waals surface area contributed by atoms with Gasteiger partial charge in [-0.15, -0.1) is 0 Å². The Morgan fingerprint density at radius 3 is 2.72 bits per heavy atom. The van der Waals surface area contributed by atoms with Crippen molar-refractivity contribution in [1.82, 2.24) is 9.55 Å². The average molecular weight is 248 g/mol. The largest absolute Gasteiger partial charge is 0.497 e. The number of imidazole rings is 1. The lowest BCUT2D eigenvalue weighted by Gasteiger charge is -2.07. The summed E-state index contributed by atoms with van der Waals surface area (Å²) < 4.78 is 11.9. The molecule has 0 aliphatic heterocycles. The topological polar surface area (TPSA) is 73.6 Å². The summed E-state index contributed by atoms with van der Waals surface area (Å²) in [5.74, 6) is 0.130. The lowest BCUT2D eigenvalue weighted by Crippen LogP contribution is -2.05. The Kier molecular flexibility index (Phi) is 3.18. The molecule has 0 saturated carbocycles. The van der Waals surface area contributed by atoms with Gasteiger partial charge in [0.15, 0.2) is 0 Å². The van der Waals surface area contributed by atoms with E-state index in [4.69, 9.17) is 14.6 Å². The molecule has 0 spiro atoms. The number of hydrogen-bond acceptors (Lipinski definition) is 4. The van der Waals surface area contributed by atoms with Crippen LogP contribution in [-0.4, -0.2) is 27.7 Å². The van der Waals surface area contributed by atoms with E-state index in [2.05, 4.69) is 4.98 Å². The lowest BCUT2D eigenvalue weighted by atomic mass is 10.3. The number of aromatic carboxylic acids is 1. The third-order valence-electron chi connectivity index (χ3n) is 2.42. The quantitative estimate of drug-likeness (QED) is 0.894. The number of ether oxygens (including phenoxy) is 2. The van der Waals surface area contributed by atoms with Gasteiger partial charge in [-0.25, -0.2) is 9.78 Å². The third-order valence-corrected chi connectivity index (χ3v) is 2.42. The summed E-state index contributed by atoms with van der Waals surface area (Å²) in [5.41, 5.74) is 0.0629. The van der Waals surface area contributed by atoms with Gasteiger partial charge in [-0.2, -0.15) is 0 Å². The molecule has 1 aromatic heterocycles. The third kappa shape index (κ3) is 2.27. The molecular formula is C12H12N2O4. The molecule has 6 heteroatoms. The van der Waals surface area contributed by atoms with E-state index < -0.39 is 5.97 Å². The van der Waals surface area contributed by atoms with Crippen molar-refractivity contribution in [1.29, 1.82) is 0 Å². The van der Waals surface area contributed by atoms with E-state index in [9.17, 15) is 4.79 Å². The van der Waals surface area contributed by atoms with Crippen LogP contribution in [0.4, 0.5) is 0 Å². The first kappa shape index (κ1) is 12.0. The van der Waals surface area contributed by atoms with Crippen molar-refractivity contribution in [2.45, 2.75) is 0 Å². The summed E-state index contributed by atoms with van der Waals surface area (Å²) in [7, 11) is 3.13. The van der Waals surface area contributed by atoms with Crippen LogP contribution in [0.1, 0.15) is 10.5 Å². The number of benzene rings is 1. The Bertz CT molecular complexity index is 577. The van der Waals surface area contributed by atoms with Crippen LogP contribution in [0.15, 0.2) is 30.5 Å². The molecule has 0 aliphatic rings. The smallest absolute Gasteiger partial charge is 0.354 e. The summed E-state index contributed by atoms with van der Waals surface area (Å²) >= 11 is 0. The summed E-state index contributed by atoms with van der Waals surface area (Å²) in [4.78, 5) is 14.8. The molecule has 1 heterocycles. The number of carbonyl (C=O) groups is 1. The Hall–Kier alpha value is -2.50. The molecule has 2 aromatic rings. The molecule has 2 rings (SSSR count). The van der Waals surface area contributed by atoms with Gasteiger partial charge < -0.3 is 14.6 Å². The van der Waals surface area contributed by atoms with Crippen molar-refractivity contribution in [2.75, 3.05) is 7.11 Å². The highest BCUT2D eigenvalue weighted by molar-refractivity contribution is 5.85. The molecule has 0 atom stereocenters. The number of carboxylic acid groups (broad SMARTS) is 1. The van der Waals surface area contributed by atoms with Crippen molar-refractivity contribution in [2.24, 2.45) is 7.05 Å². The fraction of sp³-hybridized carbons (Fsp3) is 0.167. The van der Waals surface area contributed by atoms with E-state index in [-0.39, 0.29) is 11.7 Å². The van der Waals surface area contributed by atoms with E-state index in [1.54, 1.807) is 38.4 Å². The molecule has 0 bridgehead atoms. The van der Waals surface area contributed by atoms with Gasteiger partial charge in [0.05, 0.1) is 13.3 Å². The van der Waals surface area contributed by atoms with E-state index in [0.29, 0.717) is 11.5 Å². The first-order chi connectivity index (χ1) is 8.61. The Balaban J connectivity index is 2.26. The molecule has 18 heavy (non-hydrogen) atoms. The van der Waals surface area contributed by atoms with E-state index >= 15 is 0 Å². The molecular weight excluding hydrogens is 236 g/mol.